The highest BCUT2D eigenvalue weighted by molar-refractivity contribution is 7.94. The second-order valence-corrected chi connectivity index (χ2v) is 7.10. The van der Waals surface area contributed by atoms with Crippen molar-refractivity contribution in [3.63, 3.8) is 0 Å². The number of nitrogens with zero attached hydrogens (tertiary/aromatic N) is 4. The summed E-state index contributed by atoms with van der Waals surface area (Å²) in [6.45, 7) is 0. The van der Waals surface area contributed by atoms with Gasteiger partial charge in [0.15, 0.2) is 0 Å². The summed E-state index contributed by atoms with van der Waals surface area (Å²) in [5, 5.41) is 4.64. The smallest absolute Gasteiger partial charge is 0.239 e. The number of halogens is 1. The van der Waals surface area contributed by atoms with E-state index >= 15 is 0 Å². The lowest BCUT2D eigenvalue weighted by Crippen LogP contribution is -2.13. The van der Waals surface area contributed by atoms with Crippen LogP contribution in [-0.4, -0.2) is 19.0 Å². The summed E-state index contributed by atoms with van der Waals surface area (Å²) in [4.78, 5) is 5.25. The quantitative estimate of drug-likeness (QED) is 0.540. The zero-order valence-corrected chi connectivity index (χ0v) is 12.3. The number of hydrogen-bond donors (Lipinski definition) is 0. The van der Waals surface area contributed by atoms with Crippen LogP contribution < -0.4 is 0 Å². The van der Waals surface area contributed by atoms with Crippen molar-refractivity contribution in [1.82, 2.24) is 14.8 Å². The van der Waals surface area contributed by atoms with E-state index in [9.17, 15) is 4.21 Å². The number of hydrogen-bond acceptors (Lipinski definition) is 4. The molecule has 4 rings (SSSR count). The van der Waals surface area contributed by atoms with Gasteiger partial charge in [-0.2, -0.15) is 19.1 Å². The van der Waals surface area contributed by atoms with Crippen LogP contribution in [0.5, 0.6) is 0 Å². The van der Waals surface area contributed by atoms with E-state index in [-0.39, 0.29) is 0 Å². The van der Waals surface area contributed by atoms with Crippen LogP contribution in [0.2, 0.25) is 5.02 Å². The zero-order valence-electron chi connectivity index (χ0n) is 10.7. The lowest BCUT2D eigenvalue weighted by molar-refractivity contribution is 0.672. The highest BCUT2D eigenvalue weighted by atomic mass is 35.5. The van der Waals surface area contributed by atoms with Crippen LogP contribution in [0.3, 0.4) is 0 Å². The fourth-order valence-electron chi connectivity index (χ4n) is 2.30. The van der Waals surface area contributed by atoms with Gasteiger partial charge in [0, 0.05) is 5.02 Å². The van der Waals surface area contributed by atoms with Gasteiger partial charge in [-0.3, -0.25) is 0 Å². The molecule has 0 N–H and O–H groups in total. The van der Waals surface area contributed by atoms with Crippen LogP contribution in [0.15, 0.2) is 69.0 Å². The first-order valence-electron chi connectivity index (χ1n) is 6.21. The van der Waals surface area contributed by atoms with Gasteiger partial charge in [-0.05, 0) is 30.3 Å². The van der Waals surface area contributed by atoms with Crippen molar-refractivity contribution in [3.05, 3.63) is 59.9 Å². The fraction of sp³-hybridized carbons (Fsp3) is 0. The lowest BCUT2D eigenvalue weighted by atomic mass is 10.3. The van der Waals surface area contributed by atoms with E-state index < -0.39 is 9.73 Å². The molecule has 0 saturated carbocycles. The molecule has 1 aliphatic rings. The number of aromatic nitrogens is 3. The Balaban J connectivity index is 2.15. The SMILES string of the molecule is O=S1(c2ccccc2)=Nc2ncnn2-c2ccc(Cl)cc21. The van der Waals surface area contributed by atoms with Crippen molar-refractivity contribution in [1.29, 1.82) is 0 Å². The molecular formula is C14H9ClN4OS. The maximum Gasteiger partial charge on any atom is 0.261 e. The first-order chi connectivity index (χ1) is 10.2. The molecule has 3 aromatic rings. The molecule has 1 unspecified atom stereocenters. The number of benzene rings is 2. The van der Waals surface area contributed by atoms with Crippen LogP contribution in [0.4, 0.5) is 5.95 Å². The third-order valence-electron chi connectivity index (χ3n) is 3.25. The topological polar surface area (TPSA) is 60.1 Å². The largest absolute Gasteiger partial charge is 0.261 e. The van der Waals surface area contributed by atoms with Crippen molar-refractivity contribution in [2.75, 3.05) is 0 Å². The summed E-state index contributed by atoms with van der Waals surface area (Å²) >= 11 is 6.08. The molecule has 0 fully saturated rings. The molecule has 0 aliphatic carbocycles. The van der Waals surface area contributed by atoms with E-state index in [1.807, 2.05) is 18.2 Å². The minimum absolute atomic E-state index is 0.332. The van der Waals surface area contributed by atoms with Gasteiger partial charge in [0.2, 0.25) is 0 Å². The molecule has 0 bridgehead atoms. The molecule has 0 radical (unpaired) electrons. The van der Waals surface area contributed by atoms with Crippen molar-refractivity contribution in [2.45, 2.75) is 9.79 Å². The van der Waals surface area contributed by atoms with Gasteiger partial charge in [0.25, 0.3) is 5.95 Å². The average molecular weight is 317 g/mol. The van der Waals surface area contributed by atoms with Crippen LogP contribution in [0.25, 0.3) is 5.69 Å². The molecule has 1 aliphatic heterocycles. The Morgan fingerprint density at radius 3 is 2.71 bits per heavy atom. The molecule has 1 atom stereocenters. The predicted molar refractivity (Wildman–Crippen MR) is 79.6 cm³/mol. The molecule has 2 heterocycles. The Hall–Kier alpha value is -2.18. The van der Waals surface area contributed by atoms with E-state index in [1.54, 1.807) is 35.0 Å². The molecule has 0 saturated heterocycles. The Kier molecular flexibility index (Phi) is 2.63. The summed E-state index contributed by atoms with van der Waals surface area (Å²) in [7, 11) is -2.82. The summed E-state index contributed by atoms with van der Waals surface area (Å²) in [5.74, 6) is 0.332. The summed E-state index contributed by atoms with van der Waals surface area (Å²) in [6, 6.07) is 14.3. The Morgan fingerprint density at radius 1 is 1.10 bits per heavy atom. The summed E-state index contributed by atoms with van der Waals surface area (Å²) < 4.78 is 19.5. The highest BCUT2D eigenvalue weighted by Gasteiger charge is 2.28. The van der Waals surface area contributed by atoms with Crippen molar-refractivity contribution < 1.29 is 4.21 Å². The fourth-order valence-corrected chi connectivity index (χ4v) is 4.60. The number of fused-ring (bicyclic) bond motifs is 3. The van der Waals surface area contributed by atoms with Gasteiger partial charge in [-0.1, -0.05) is 29.8 Å². The molecular weight excluding hydrogens is 308 g/mol. The van der Waals surface area contributed by atoms with Gasteiger partial charge in [-0.25, -0.2) is 4.21 Å². The molecule has 5 nitrogen and oxygen atoms in total. The molecule has 0 spiro atoms. The predicted octanol–water partition coefficient (Wildman–Crippen LogP) is 3.45. The lowest BCUT2D eigenvalue weighted by Gasteiger charge is -2.19. The summed E-state index contributed by atoms with van der Waals surface area (Å²) in [6.07, 6.45) is 1.40. The normalized spacial score (nSPS) is 19.5. The Labute approximate surface area is 126 Å². The second-order valence-electron chi connectivity index (χ2n) is 4.51. The summed E-state index contributed by atoms with van der Waals surface area (Å²) in [5.41, 5.74) is 0.691. The van der Waals surface area contributed by atoms with Gasteiger partial charge in [0.05, 0.1) is 15.5 Å². The first kappa shape index (κ1) is 12.6. The number of rotatable bonds is 1. The maximum absolute atomic E-state index is 13.5. The van der Waals surface area contributed by atoms with Crippen molar-refractivity contribution in [3.8, 4) is 5.69 Å². The Bertz CT molecular complexity index is 958. The van der Waals surface area contributed by atoms with E-state index in [2.05, 4.69) is 14.4 Å². The average Bonchev–Trinajstić information content (AvgIpc) is 2.96. The minimum Gasteiger partial charge on any atom is -0.239 e. The molecule has 0 amide bonds. The van der Waals surface area contributed by atoms with Crippen LogP contribution in [0, 0.1) is 0 Å². The molecule has 7 heteroatoms. The van der Waals surface area contributed by atoms with E-state index in [0.717, 1.165) is 0 Å². The monoisotopic (exact) mass is 316 g/mol. The van der Waals surface area contributed by atoms with E-state index in [0.29, 0.717) is 26.4 Å². The first-order valence-corrected chi connectivity index (χ1v) is 8.10. The van der Waals surface area contributed by atoms with Crippen molar-refractivity contribution in [2.24, 2.45) is 4.36 Å². The van der Waals surface area contributed by atoms with Gasteiger partial charge in [-0.15, -0.1) is 0 Å². The Morgan fingerprint density at radius 2 is 1.90 bits per heavy atom. The van der Waals surface area contributed by atoms with E-state index in [4.69, 9.17) is 11.6 Å². The zero-order chi connectivity index (χ0) is 14.4. The van der Waals surface area contributed by atoms with Gasteiger partial charge >= 0.3 is 0 Å². The van der Waals surface area contributed by atoms with Gasteiger partial charge < -0.3 is 0 Å². The second kappa shape index (κ2) is 4.41. The third kappa shape index (κ3) is 1.80. The van der Waals surface area contributed by atoms with Crippen LogP contribution in [0.1, 0.15) is 0 Å². The van der Waals surface area contributed by atoms with Crippen molar-refractivity contribution >= 4 is 27.3 Å². The van der Waals surface area contributed by atoms with E-state index in [1.165, 1.54) is 6.33 Å². The van der Waals surface area contributed by atoms with Gasteiger partial charge in [0.1, 0.15) is 16.1 Å². The molecule has 2 aromatic carbocycles. The minimum atomic E-state index is -2.82. The molecule has 21 heavy (non-hydrogen) atoms. The van der Waals surface area contributed by atoms with Crippen LogP contribution in [-0.2, 0) is 9.73 Å². The maximum atomic E-state index is 13.5. The molecule has 104 valence electrons. The molecule has 1 aromatic heterocycles. The van der Waals surface area contributed by atoms with Crippen LogP contribution >= 0.6 is 11.6 Å². The third-order valence-corrected chi connectivity index (χ3v) is 5.74. The standard InChI is InChI=1S/C14H9ClN4OS/c15-10-6-7-12-13(8-10)21(20,11-4-2-1-3-5-11)18-14-16-9-17-19(12)14/h1-9H. The highest BCUT2D eigenvalue weighted by Crippen LogP contribution is 2.37.